The quantitative estimate of drug-likeness (QED) is 0.198. The molecule has 0 aromatic heterocycles. The molecule has 3 aliphatic rings. The molecule has 6 heteroatoms. The summed E-state index contributed by atoms with van der Waals surface area (Å²) in [7, 11) is 0. The van der Waals surface area contributed by atoms with Crippen molar-refractivity contribution in [3.63, 3.8) is 0 Å². The van der Waals surface area contributed by atoms with Crippen LogP contribution in [-0.2, 0) is 23.8 Å². The number of esters is 1. The number of allylic oxidation sites excluding steroid dienone is 2. The number of carbonyl (C=O) groups excluding carboxylic acids is 2. The molecule has 1 saturated heterocycles. The maximum absolute atomic E-state index is 12.4. The lowest BCUT2D eigenvalue weighted by Crippen LogP contribution is -2.60. The first kappa shape index (κ1) is 19.7. The van der Waals surface area contributed by atoms with Crippen molar-refractivity contribution >= 4 is 12.4 Å². The average Bonchev–Trinajstić information content (AvgIpc) is 2.62. The fourth-order valence-corrected chi connectivity index (χ4v) is 4.85. The SMILES string of the molecule is C/C=C/C(OC=O)O/C=C1/C(=O)OCC2C1CC=C1CCCC(C)(C)C12O. The molecule has 2 fully saturated rings. The van der Waals surface area contributed by atoms with Crippen LogP contribution < -0.4 is 0 Å². The summed E-state index contributed by atoms with van der Waals surface area (Å²) < 4.78 is 15.8. The number of ether oxygens (including phenoxy) is 3. The van der Waals surface area contributed by atoms with E-state index in [2.05, 4.69) is 19.9 Å². The fourth-order valence-electron chi connectivity index (χ4n) is 4.85. The molecule has 3 rings (SSSR count). The number of fused-ring (bicyclic) bond motifs is 3. The third-order valence-corrected chi connectivity index (χ3v) is 6.31. The zero-order valence-corrected chi connectivity index (χ0v) is 16.1. The van der Waals surface area contributed by atoms with E-state index in [1.54, 1.807) is 19.1 Å². The molecule has 1 saturated carbocycles. The highest BCUT2D eigenvalue weighted by atomic mass is 16.7. The molecule has 0 aromatic rings. The summed E-state index contributed by atoms with van der Waals surface area (Å²) in [6.45, 7) is 6.43. The number of hydrogen-bond donors (Lipinski definition) is 1. The summed E-state index contributed by atoms with van der Waals surface area (Å²) in [5.41, 5.74) is 0.134. The van der Waals surface area contributed by atoms with Gasteiger partial charge in [-0.1, -0.05) is 26.0 Å². The molecular weight excluding hydrogens is 348 g/mol. The molecular formula is C21H28O6. The van der Waals surface area contributed by atoms with E-state index >= 15 is 0 Å². The van der Waals surface area contributed by atoms with Crippen LogP contribution in [0.4, 0.5) is 0 Å². The Morgan fingerprint density at radius 2 is 2.15 bits per heavy atom. The second-order valence-electron chi connectivity index (χ2n) is 8.12. The second kappa shape index (κ2) is 7.50. The summed E-state index contributed by atoms with van der Waals surface area (Å²) in [5.74, 6) is -0.858. The molecule has 0 aromatic carbocycles. The Kier molecular flexibility index (Phi) is 5.47. The van der Waals surface area contributed by atoms with E-state index < -0.39 is 17.9 Å². The van der Waals surface area contributed by atoms with Gasteiger partial charge in [0.1, 0.15) is 0 Å². The Balaban J connectivity index is 1.92. The maximum atomic E-state index is 12.4. The van der Waals surface area contributed by atoms with Gasteiger partial charge < -0.3 is 19.3 Å². The van der Waals surface area contributed by atoms with E-state index in [-0.39, 0.29) is 23.9 Å². The van der Waals surface area contributed by atoms with E-state index in [0.29, 0.717) is 18.5 Å². The Labute approximate surface area is 159 Å². The summed E-state index contributed by atoms with van der Waals surface area (Å²) in [6, 6.07) is 0. The summed E-state index contributed by atoms with van der Waals surface area (Å²) in [6.07, 6.45) is 9.27. The molecule has 4 atom stereocenters. The summed E-state index contributed by atoms with van der Waals surface area (Å²) in [4.78, 5) is 23.0. The molecule has 4 unspecified atom stereocenters. The molecule has 1 heterocycles. The van der Waals surface area contributed by atoms with Crippen LogP contribution in [0.5, 0.6) is 0 Å². The minimum Gasteiger partial charge on any atom is -0.462 e. The lowest BCUT2D eigenvalue weighted by atomic mass is 9.52. The van der Waals surface area contributed by atoms with Crippen LogP contribution in [0.25, 0.3) is 0 Å². The average molecular weight is 376 g/mol. The number of cyclic esters (lactones) is 1. The number of rotatable bonds is 5. The summed E-state index contributed by atoms with van der Waals surface area (Å²) in [5, 5.41) is 11.8. The lowest BCUT2D eigenvalue weighted by Gasteiger charge is -2.57. The van der Waals surface area contributed by atoms with Crippen LogP contribution in [0, 0.1) is 17.3 Å². The van der Waals surface area contributed by atoms with Crippen molar-refractivity contribution in [2.24, 2.45) is 17.3 Å². The minimum absolute atomic E-state index is 0.195. The molecule has 27 heavy (non-hydrogen) atoms. The fraction of sp³-hybridized carbons (Fsp3) is 0.619. The van der Waals surface area contributed by atoms with Crippen LogP contribution in [0.15, 0.2) is 35.6 Å². The van der Waals surface area contributed by atoms with Crippen LogP contribution in [-0.4, -0.2) is 36.0 Å². The van der Waals surface area contributed by atoms with Gasteiger partial charge in [-0.05, 0) is 49.7 Å². The zero-order valence-electron chi connectivity index (χ0n) is 16.1. The summed E-state index contributed by atoms with van der Waals surface area (Å²) >= 11 is 0. The first-order chi connectivity index (χ1) is 12.8. The molecule has 148 valence electrons. The second-order valence-corrected chi connectivity index (χ2v) is 8.12. The van der Waals surface area contributed by atoms with Crippen molar-refractivity contribution in [1.82, 2.24) is 0 Å². The molecule has 0 radical (unpaired) electrons. The van der Waals surface area contributed by atoms with E-state index in [1.165, 1.54) is 6.26 Å². The van der Waals surface area contributed by atoms with Crippen LogP contribution in [0.2, 0.25) is 0 Å². The van der Waals surface area contributed by atoms with Gasteiger partial charge >= 0.3 is 5.97 Å². The van der Waals surface area contributed by atoms with E-state index in [1.807, 2.05) is 0 Å². The van der Waals surface area contributed by atoms with Crippen LogP contribution in [0.1, 0.15) is 46.5 Å². The topological polar surface area (TPSA) is 82.1 Å². The van der Waals surface area contributed by atoms with Gasteiger partial charge in [-0.15, -0.1) is 0 Å². The molecule has 0 spiro atoms. The molecule has 0 amide bonds. The normalized spacial score (nSPS) is 34.9. The zero-order chi connectivity index (χ0) is 19.7. The largest absolute Gasteiger partial charge is 0.462 e. The van der Waals surface area contributed by atoms with Crippen molar-refractivity contribution in [1.29, 1.82) is 0 Å². The van der Waals surface area contributed by atoms with E-state index in [0.717, 1.165) is 24.8 Å². The van der Waals surface area contributed by atoms with Gasteiger partial charge in [-0.3, -0.25) is 4.79 Å². The van der Waals surface area contributed by atoms with Gasteiger partial charge in [0.05, 0.1) is 24.0 Å². The molecule has 1 N–H and O–H groups in total. The molecule has 2 aliphatic carbocycles. The van der Waals surface area contributed by atoms with Gasteiger partial charge in [0.2, 0.25) is 0 Å². The van der Waals surface area contributed by atoms with Gasteiger partial charge in [0.15, 0.2) is 0 Å². The Hall–Kier alpha value is -2.08. The van der Waals surface area contributed by atoms with E-state index in [9.17, 15) is 14.7 Å². The molecule has 1 aliphatic heterocycles. The molecule has 0 bridgehead atoms. The van der Waals surface area contributed by atoms with Crippen molar-refractivity contribution in [2.75, 3.05) is 6.61 Å². The minimum atomic E-state index is -1.00. The number of hydrogen-bond acceptors (Lipinski definition) is 6. The maximum Gasteiger partial charge on any atom is 0.337 e. The standard InChI is InChI=1S/C21H28O6/c1-4-6-18(27-13-22)25-11-16-15-9-8-14-7-5-10-20(2,3)21(14,24)17(15)12-26-19(16)23/h4,6,8,11,13,15,17-18,24H,5,7,9-10,12H2,1-3H3/b6-4+,16-11+. The van der Waals surface area contributed by atoms with Crippen molar-refractivity contribution in [3.05, 3.63) is 35.6 Å². The van der Waals surface area contributed by atoms with Crippen molar-refractivity contribution < 1.29 is 28.9 Å². The smallest absolute Gasteiger partial charge is 0.337 e. The Bertz CT molecular complexity index is 689. The van der Waals surface area contributed by atoms with Crippen molar-refractivity contribution in [3.8, 4) is 0 Å². The third-order valence-electron chi connectivity index (χ3n) is 6.31. The predicted molar refractivity (Wildman–Crippen MR) is 98.1 cm³/mol. The Morgan fingerprint density at radius 1 is 1.37 bits per heavy atom. The third kappa shape index (κ3) is 3.31. The highest BCUT2D eigenvalue weighted by Crippen LogP contribution is 2.57. The first-order valence-corrected chi connectivity index (χ1v) is 9.51. The monoisotopic (exact) mass is 376 g/mol. The van der Waals surface area contributed by atoms with Gasteiger partial charge in [0.25, 0.3) is 12.8 Å². The van der Waals surface area contributed by atoms with Crippen LogP contribution >= 0.6 is 0 Å². The first-order valence-electron chi connectivity index (χ1n) is 9.51. The number of carbonyl (C=O) groups is 2. The van der Waals surface area contributed by atoms with E-state index in [4.69, 9.17) is 14.2 Å². The van der Waals surface area contributed by atoms with Crippen molar-refractivity contribution in [2.45, 2.75) is 58.3 Å². The predicted octanol–water partition coefficient (Wildman–Crippen LogP) is 3.02. The lowest BCUT2D eigenvalue weighted by molar-refractivity contribution is -0.169. The highest BCUT2D eigenvalue weighted by Gasteiger charge is 2.59. The number of aliphatic hydroxyl groups is 1. The highest BCUT2D eigenvalue weighted by molar-refractivity contribution is 5.89. The van der Waals surface area contributed by atoms with Gasteiger partial charge in [0, 0.05) is 11.8 Å². The molecule has 6 nitrogen and oxygen atoms in total. The van der Waals surface area contributed by atoms with Crippen LogP contribution in [0.3, 0.4) is 0 Å². The van der Waals surface area contributed by atoms with Gasteiger partial charge in [-0.2, -0.15) is 0 Å². The Morgan fingerprint density at radius 3 is 2.85 bits per heavy atom. The van der Waals surface area contributed by atoms with Gasteiger partial charge in [-0.25, -0.2) is 4.79 Å².